The number of carbonyl (C=O) groups is 1. The van der Waals surface area contributed by atoms with Crippen LogP contribution in [-0.4, -0.2) is 51.6 Å². The van der Waals surface area contributed by atoms with Gasteiger partial charge in [0.05, 0.1) is 18.1 Å². The third kappa shape index (κ3) is 4.59. The first-order valence-electron chi connectivity index (χ1n) is 8.60. The van der Waals surface area contributed by atoms with Crippen LogP contribution < -0.4 is 4.72 Å². The summed E-state index contributed by atoms with van der Waals surface area (Å²) in [7, 11) is -3.80. The van der Waals surface area contributed by atoms with Crippen LogP contribution in [0.1, 0.15) is 30.5 Å². The van der Waals surface area contributed by atoms with Gasteiger partial charge in [0.15, 0.2) is 0 Å². The third-order valence-corrected chi connectivity index (χ3v) is 6.16. The molecule has 0 aromatic heterocycles. The molecule has 1 aliphatic heterocycles. The highest BCUT2D eigenvalue weighted by Crippen LogP contribution is 2.23. The monoisotopic (exact) mass is 368 g/mol. The fourth-order valence-corrected chi connectivity index (χ4v) is 5.06. The van der Waals surface area contributed by atoms with Gasteiger partial charge in [0.2, 0.25) is 15.9 Å². The van der Waals surface area contributed by atoms with Gasteiger partial charge in [-0.25, -0.2) is 8.42 Å². The van der Waals surface area contributed by atoms with E-state index in [2.05, 4.69) is 4.72 Å². The molecule has 1 saturated heterocycles. The Hall–Kier alpha value is -1.44. The highest BCUT2D eigenvalue weighted by Gasteiger charge is 2.33. The lowest BCUT2D eigenvalue weighted by Gasteiger charge is -2.32. The standard InChI is InChI=1S/C18H28N2O4S/c1-12(2)16(18(21)20-6-8-24-9-7-20)19-25(22,23)17-14(4)10-13(3)11-15(17)5/h10-12,16,19H,6-9H2,1-5H3/t16-/m1/s1. The van der Waals surface area contributed by atoms with Gasteiger partial charge < -0.3 is 9.64 Å². The second-order valence-electron chi connectivity index (χ2n) is 7.01. The molecule has 0 radical (unpaired) electrons. The van der Waals surface area contributed by atoms with E-state index < -0.39 is 16.1 Å². The fraction of sp³-hybridized carbons (Fsp3) is 0.611. The Bertz CT molecular complexity index is 714. The molecule has 1 fully saturated rings. The number of benzene rings is 1. The molecule has 1 aromatic carbocycles. The van der Waals surface area contributed by atoms with E-state index in [1.165, 1.54) is 0 Å². The molecule has 0 aliphatic carbocycles. The first-order valence-corrected chi connectivity index (χ1v) is 10.1. The summed E-state index contributed by atoms with van der Waals surface area (Å²) in [4.78, 5) is 14.8. The van der Waals surface area contributed by atoms with Crippen LogP contribution in [0.2, 0.25) is 0 Å². The summed E-state index contributed by atoms with van der Waals surface area (Å²) in [5, 5.41) is 0. The highest BCUT2D eigenvalue weighted by molar-refractivity contribution is 7.89. The molecule has 1 N–H and O–H groups in total. The van der Waals surface area contributed by atoms with Gasteiger partial charge in [-0.1, -0.05) is 31.5 Å². The van der Waals surface area contributed by atoms with Crippen molar-refractivity contribution >= 4 is 15.9 Å². The zero-order valence-electron chi connectivity index (χ0n) is 15.6. The molecule has 0 unspecified atom stereocenters. The van der Waals surface area contributed by atoms with E-state index in [4.69, 9.17) is 4.74 Å². The fourth-order valence-electron chi connectivity index (χ4n) is 3.27. The number of hydrogen-bond acceptors (Lipinski definition) is 4. The van der Waals surface area contributed by atoms with Gasteiger partial charge in [-0.15, -0.1) is 0 Å². The molecular weight excluding hydrogens is 340 g/mol. The quantitative estimate of drug-likeness (QED) is 0.859. The van der Waals surface area contributed by atoms with Gasteiger partial charge in [0.25, 0.3) is 0 Å². The second-order valence-corrected chi connectivity index (χ2v) is 8.66. The highest BCUT2D eigenvalue weighted by atomic mass is 32.2. The Morgan fingerprint density at radius 3 is 2.12 bits per heavy atom. The molecule has 1 aromatic rings. The first-order chi connectivity index (χ1) is 11.6. The summed E-state index contributed by atoms with van der Waals surface area (Å²) in [5.74, 6) is -0.347. The largest absolute Gasteiger partial charge is 0.378 e. The minimum absolute atomic E-state index is 0.156. The summed E-state index contributed by atoms with van der Waals surface area (Å²) < 4.78 is 33.9. The predicted octanol–water partition coefficient (Wildman–Crippen LogP) is 1.77. The van der Waals surface area contributed by atoms with Gasteiger partial charge in [-0.05, 0) is 37.8 Å². The maximum absolute atomic E-state index is 13.0. The van der Waals surface area contributed by atoms with Gasteiger partial charge in [-0.2, -0.15) is 4.72 Å². The van der Waals surface area contributed by atoms with Crippen molar-refractivity contribution in [2.75, 3.05) is 26.3 Å². The van der Waals surface area contributed by atoms with Crippen molar-refractivity contribution in [2.45, 2.75) is 45.6 Å². The van der Waals surface area contributed by atoms with Crippen molar-refractivity contribution in [3.05, 3.63) is 28.8 Å². The van der Waals surface area contributed by atoms with E-state index in [9.17, 15) is 13.2 Å². The number of rotatable bonds is 5. The van der Waals surface area contributed by atoms with Crippen LogP contribution in [0.4, 0.5) is 0 Å². The van der Waals surface area contributed by atoms with Crippen LogP contribution in [0.25, 0.3) is 0 Å². The Morgan fingerprint density at radius 2 is 1.64 bits per heavy atom. The zero-order chi connectivity index (χ0) is 18.8. The first kappa shape index (κ1) is 19.9. The summed E-state index contributed by atoms with van der Waals surface area (Å²) >= 11 is 0. The van der Waals surface area contributed by atoms with Crippen molar-refractivity contribution in [3.63, 3.8) is 0 Å². The number of amides is 1. The molecule has 1 aliphatic rings. The molecule has 0 spiro atoms. The second kappa shape index (κ2) is 7.85. The summed E-state index contributed by atoms with van der Waals surface area (Å²) in [6.07, 6.45) is 0. The average Bonchev–Trinajstić information content (AvgIpc) is 2.51. The van der Waals surface area contributed by atoms with Gasteiger partial charge in [0, 0.05) is 13.1 Å². The van der Waals surface area contributed by atoms with Crippen molar-refractivity contribution in [1.29, 1.82) is 0 Å². The van der Waals surface area contributed by atoms with Crippen molar-refractivity contribution in [1.82, 2.24) is 9.62 Å². The molecule has 2 rings (SSSR count). The lowest BCUT2D eigenvalue weighted by Crippen LogP contribution is -2.53. The van der Waals surface area contributed by atoms with Crippen LogP contribution in [0, 0.1) is 26.7 Å². The Morgan fingerprint density at radius 1 is 1.12 bits per heavy atom. The number of hydrogen-bond donors (Lipinski definition) is 1. The number of nitrogens with one attached hydrogen (secondary N) is 1. The summed E-state index contributed by atoms with van der Waals surface area (Å²) in [6.45, 7) is 11.1. The third-order valence-electron chi connectivity index (χ3n) is 4.41. The van der Waals surface area contributed by atoms with Crippen LogP contribution in [0.5, 0.6) is 0 Å². The topological polar surface area (TPSA) is 75.7 Å². The number of ether oxygens (including phenoxy) is 1. The summed E-state index contributed by atoms with van der Waals surface area (Å²) in [5.41, 5.74) is 2.39. The zero-order valence-corrected chi connectivity index (χ0v) is 16.4. The number of aryl methyl sites for hydroxylation is 3. The molecule has 7 heteroatoms. The Labute approximate surface area is 150 Å². The van der Waals surface area contributed by atoms with E-state index in [0.717, 1.165) is 5.56 Å². The minimum Gasteiger partial charge on any atom is -0.378 e. The lowest BCUT2D eigenvalue weighted by atomic mass is 10.0. The van der Waals surface area contributed by atoms with E-state index in [0.29, 0.717) is 37.4 Å². The maximum atomic E-state index is 13.0. The van der Waals surface area contributed by atoms with Gasteiger partial charge in [0.1, 0.15) is 6.04 Å². The minimum atomic E-state index is -3.80. The van der Waals surface area contributed by atoms with Crippen LogP contribution in [0.15, 0.2) is 17.0 Å². The maximum Gasteiger partial charge on any atom is 0.241 e. The van der Waals surface area contributed by atoms with E-state index in [-0.39, 0.29) is 16.7 Å². The molecule has 1 atom stereocenters. The van der Waals surface area contributed by atoms with Crippen LogP contribution in [0.3, 0.4) is 0 Å². The predicted molar refractivity (Wildman–Crippen MR) is 97.0 cm³/mol. The SMILES string of the molecule is Cc1cc(C)c(S(=O)(=O)N[C@@H](C(=O)N2CCOCC2)C(C)C)c(C)c1. The van der Waals surface area contributed by atoms with E-state index in [1.54, 1.807) is 18.7 Å². The molecule has 25 heavy (non-hydrogen) atoms. The van der Waals surface area contributed by atoms with Gasteiger partial charge >= 0.3 is 0 Å². The lowest BCUT2D eigenvalue weighted by molar-refractivity contribution is -0.138. The van der Waals surface area contributed by atoms with Crippen molar-refractivity contribution in [2.24, 2.45) is 5.92 Å². The number of morpholine rings is 1. The smallest absolute Gasteiger partial charge is 0.241 e. The van der Waals surface area contributed by atoms with Crippen LogP contribution in [-0.2, 0) is 19.6 Å². The normalized spacial score (nSPS) is 17.0. The van der Waals surface area contributed by atoms with Crippen molar-refractivity contribution < 1.29 is 17.9 Å². The Kier molecular flexibility index (Phi) is 6.24. The molecule has 140 valence electrons. The number of nitrogens with zero attached hydrogens (tertiary/aromatic N) is 1. The Balaban J connectivity index is 2.31. The van der Waals surface area contributed by atoms with E-state index in [1.807, 2.05) is 32.9 Å². The average molecular weight is 368 g/mol. The number of carbonyl (C=O) groups excluding carboxylic acids is 1. The van der Waals surface area contributed by atoms with Crippen LogP contribution >= 0.6 is 0 Å². The molecule has 1 amide bonds. The molecule has 0 saturated carbocycles. The molecule has 6 nitrogen and oxygen atoms in total. The molecular formula is C18H28N2O4S. The molecule has 0 bridgehead atoms. The van der Waals surface area contributed by atoms with E-state index >= 15 is 0 Å². The molecule has 1 heterocycles. The van der Waals surface area contributed by atoms with Gasteiger partial charge in [-0.3, -0.25) is 4.79 Å². The number of sulfonamides is 1. The summed E-state index contributed by atoms with van der Waals surface area (Å²) in [6, 6.07) is 2.90. The van der Waals surface area contributed by atoms with Crippen molar-refractivity contribution in [3.8, 4) is 0 Å².